The van der Waals surface area contributed by atoms with Crippen LogP contribution in [0.1, 0.15) is 0 Å². The van der Waals surface area contributed by atoms with Crippen LogP contribution in [-0.2, 0) is 0 Å². The van der Waals surface area contributed by atoms with E-state index in [4.69, 9.17) is 0 Å². The Bertz CT molecular complexity index is 422. The Morgan fingerprint density at radius 1 is 1.56 bits per heavy atom. The van der Waals surface area contributed by atoms with Crippen molar-refractivity contribution in [2.24, 2.45) is 0 Å². The minimum Gasteiger partial charge on any atom is -0.376 e. The van der Waals surface area contributed by atoms with Crippen molar-refractivity contribution in [3.8, 4) is 0 Å². The number of halogens is 5. The molecule has 16 heavy (non-hydrogen) atoms. The third kappa shape index (κ3) is 2.94. The molecule has 1 heterocycles. The molecule has 0 saturated heterocycles. The lowest BCUT2D eigenvalue weighted by molar-refractivity contribution is -0.117. The lowest BCUT2D eigenvalue weighted by Crippen LogP contribution is -2.35. The summed E-state index contributed by atoms with van der Waals surface area (Å²) in [5.74, 6) is -4.16. The second kappa shape index (κ2) is 4.81. The zero-order chi connectivity index (χ0) is 12.3. The highest BCUT2D eigenvalue weighted by Crippen LogP contribution is 2.24. The van der Waals surface area contributed by atoms with Crippen molar-refractivity contribution in [3.05, 3.63) is 21.0 Å². The van der Waals surface area contributed by atoms with E-state index in [1.807, 2.05) is 10.4 Å². The SMILES string of the molecule is O=c1[nH]ncc(NCC(F)(F)C(F)F)c1Br. The number of hydrogen-bond donors (Lipinski definition) is 2. The molecule has 0 aliphatic rings. The van der Waals surface area contributed by atoms with E-state index < -0.39 is 24.5 Å². The van der Waals surface area contributed by atoms with E-state index in [9.17, 15) is 22.4 Å². The van der Waals surface area contributed by atoms with Gasteiger partial charge in [0.25, 0.3) is 5.56 Å². The van der Waals surface area contributed by atoms with Crippen LogP contribution in [0.3, 0.4) is 0 Å². The van der Waals surface area contributed by atoms with Crippen LogP contribution in [0, 0.1) is 0 Å². The summed E-state index contributed by atoms with van der Waals surface area (Å²) in [5, 5.41) is 7.38. The first-order valence-corrected chi connectivity index (χ1v) is 4.77. The normalized spacial score (nSPS) is 11.9. The van der Waals surface area contributed by atoms with Gasteiger partial charge in [0.1, 0.15) is 4.47 Å². The minimum absolute atomic E-state index is 0.0763. The average molecular weight is 304 g/mol. The Balaban J connectivity index is 2.76. The molecule has 1 aromatic rings. The van der Waals surface area contributed by atoms with Crippen molar-refractivity contribution < 1.29 is 17.6 Å². The molecular weight excluding hydrogens is 298 g/mol. The maximum atomic E-state index is 12.5. The van der Waals surface area contributed by atoms with Crippen LogP contribution in [0.2, 0.25) is 0 Å². The quantitative estimate of drug-likeness (QED) is 0.835. The van der Waals surface area contributed by atoms with Gasteiger partial charge in [-0.25, -0.2) is 13.9 Å². The molecule has 0 atom stereocenters. The van der Waals surface area contributed by atoms with Gasteiger partial charge in [-0.2, -0.15) is 13.9 Å². The van der Waals surface area contributed by atoms with E-state index in [-0.39, 0.29) is 10.2 Å². The third-order valence-corrected chi connectivity index (χ3v) is 2.42. The lowest BCUT2D eigenvalue weighted by atomic mass is 10.3. The van der Waals surface area contributed by atoms with E-state index in [0.717, 1.165) is 6.20 Å². The van der Waals surface area contributed by atoms with E-state index in [2.05, 4.69) is 21.0 Å². The molecule has 1 rings (SSSR count). The fourth-order valence-corrected chi connectivity index (χ4v) is 1.13. The smallest absolute Gasteiger partial charge is 0.324 e. The summed E-state index contributed by atoms with van der Waals surface area (Å²) < 4.78 is 48.6. The summed E-state index contributed by atoms with van der Waals surface area (Å²) in [6.45, 7) is -1.28. The number of nitrogens with zero attached hydrogens (tertiary/aromatic N) is 1. The fourth-order valence-electron chi connectivity index (χ4n) is 0.797. The highest BCUT2D eigenvalue weighted by atomic mass is 79.9. The predicted octanol–water partition coefficient (Wildman–Crippen LogP) is 1.84. The highest BCUT2D eigenvalue weighted by molar-refractivity contribution is 9.10. The summed E-state index contributed by atoms with van der Waals surface area (Å²) in [4.78, 5) is 11.0. The van der Waals surface area contributed by atoms with Crippen LogP contribution in [0.25, 0.3) is 0 Å². The fraction of sp³-hybridized carbons (Fsp3) is 0.429. The van der Waals surface area contributed by atoms with Gasteiger partial charge in [0, 0.05) is 0 Å². The summed E-state index contributed by atoms with van der Waals surface area (Å²) in [6, 6.07) is 0. The number of rotatable bonds is 4. The standard InChI is InChI=1S/C7H6BrF4N3O/c8-4-3(1-14-15-5(4)16)13-2-7(11,12)6(9)10/h1,6H,2H2,(H2,13,15,16). The Labute approximate surface area is 95.2 Å². The van der Waals surface area contributed by atoms with E-state index >= 15 is 0 Å². The molecule has 0 unspecified atom stereocenters. The largest absolute Gasteiger partial charge is 0.376 e. The summed E-state index contributed by atoms with van der Waals surface area (Å²) in [6.07, 6.45) is -2.73. The van der Waals surface area contributed by atoms with Crippen molar-refractivity contribution in [1.29, 1.82) is 0 Å². The highest BCUT2D eigenvalue weighted by Gasteiger charge is 2.40. The number of H-pyrrole nitrogens is 1. The van der Waals surface area contributed by atoms with Gasteiger partial charge in [-0.05, 0) is 15.9 Å². The number of aromatic nitrogens is 2. The molecule has 0 aliphatic heterocycles. The lowest BCUT2D eigenvalue weighted by Gasteiger charge is -2.16. The first-order chi connectivity index (χ1) is 7.34. The molecule has 1 aromatic heterocycles. The Morgan fingerprint density at radius 3 is 2.75 bits per heavy atom. The number of anilines is 1. The first-order valence-electron chi connectivity index (χ1n) is 3.97. The van der Waals surface area contributed by atoms with Crippen LogP contribution in [-0.4, -0.2) is 29.1 Å². The Hall–Kier alpha value is -1.12. The van der Waals surface area contributed by atoms with Gasteiger partial charge in [0.05, 0.1) is 18.4 Å². The summed E-state index contributed by atoms with van der Waals surface area (Å²) >= 11 is 2.81. The topological polar surface area (TPSA) is 57.8 Å². The zero-order valence-corrected chi connectivity index (χ0v) is 9.19. The minimum atomic E-state index is -4.16. The summed E-state index contributed by atoms with van der Waals surface area (Å²) in [5.41, 5.74) is -0.727. The van der Waals surface area contributed by atoms with Crippen LogP contribution >= 0.6 is 15.9 Å². The van der Waals surface area contributed by atoms with Crippen LogP contribution in [0.4, 0.5) is 23.2 Å². The van der Waals surface area contributed by atoms with Crippen LogP contribution < -0.4 is 10.9 Å². The molecule has 9 heteroatoms. The number of alkyl halides is 4. The van der Waals surface area contributed by atoms with E-state index in [1.54, 1.807) is 0 Å². The van der Waals surface area contributed by atoms with Crippen molar-refractivity contribution in [1.82, 2.24) is 10.2 Å². The van der Waals surface area contributed by atoms with Gasteiger partial charge in [-0.15, -0.1) is 0 Å². The zero-order valence-electron chi connectivity index (χ0n) is 7.61. The van der Waals surface area contributed by atoms with Crippen molar-refractivity contribution in [3.63, 3.8) is 0 Å². The molecule has 0 radical (unpaired) electrons. The summed E-state index contributed by atoms with van der Waals surface area (Å²) in [7, 11) is 0. The van der Waals surface area contributed by atoms with Crippen molar-refractivity contribution in [2.75, 3.05) is 11.9 Å². The molecule has 0 bridgehead atoms. The monoisotopic (exact) mass is 303 g/mol. The van der Waals surface area contributed by atoms with Gasteiger partial charge < -0.3 is 5.32 Å². The van der Waals surface area contributed by atoms with E-state index in [0.29, 0.717) is 0 Å². The van der Waals surface area contributed by atoms with Gasteiger partial charge in [-0.3, -0.25) is 4.79 Å². The molecule has 0 aromatic carbocycles. The van der Waals surface area contributed by atoms with E-state index in [1.165, 1.54) is 0 Å². The van der Waals surface area contributed by atoms with Crippen molar-refractivity contribution in [2.45, 2.75) is 12.3 Å². The van der Waals surface area contributed by atoms with Crippen LogP contribution in [0.5, 0.6) is 0 Å². The molecule has 90 valence electrons. The van der Waals surface area contributed by atoms with Gasteiger partial charge >= 0.3 is 12.3 Å². The second-order valence-electron chi connectivity index (χ2n) is 2.84. The van der Waals surface area contributed by atoms with Gasteiger partial charge in [0.2, 0.25) is 0 Å². The molecule has 0 amide bonds. The maximum absolute atomic E-state index is 12.5. The Kier molecular flexibility index (Phi) is 3.89. The van der Waals surface area contributed by atoms with Gasteiger partial charge in [0.15, 0.2) is 0 Å². The molecule has 0 fully saturated rings. The van der Waals surface area contributed by atoms with Gasteiger partial charge in [-0.1, -0.05) is 0 Å². The van der Waals surface area contributed by atoms with Crippen molar-refractivity contribution >= 4 is 21.6 Å². The molecular formula is C7H6BrF4N3O. The molecule has 0 saturated carbocycles. The number of nitrogens with one attached hydrogen (secondary N) is 2. The Morgan fingerprint density at radius 2 is 2.19 bits per heavy atom. The first kappa shape index (κ1) is 12.9. The number of aromatic amines is 1. The third-order valence-electron chi connectivity index (χ3n) is 1.63. The molecule has 0 spiro atoms. The molecule has 2 N–H and O–H groups in total. The average Bonchev–Trinajstić information content (AvgIpc) is 2.20. The molecule has 0 aliphatic carbocycles. The second-order valence-corrected chi connectivity index (χ2v) is 3.64. The maximum Gasteiger partial charge on any atom is 0.324 e. The predicted molar refractivity (Wildman–Crippen MR) is 52.0 cm³/mol. The number of hydrogen-bond acceptors (Lipinski definition) is 3. The van der Waals surface area contributed by atoms with Crippen LogP contribution in [0.15, 0.2) is 15.5 Å². The molecule has 4 nitrogen and oxygen atoms in total.